The number of carboxylic acid groups (broad SMARTS) is 1. The molecule has 0 radical (unpaired) electrons. The Hall–Kier alpha value is -1.84. The van der Waals surface area contributed by atoms with Crippen molar-refractivity contribution < 1.29 is 14.7 Å². The van der Waals surface area contributed by atoms with Gasteiger partial charge in [-0.25, -0.2) is 4.79 Å². The van der Waals surface area contributed by atoms with Gasteiger partial charge in [0.05, 0.1) is 11.3 Å². The molecule has 0 heterocycles. The van der Waals surface area contributed by atoms with Crippen LogP contribution in [0.1, 0.15) is 41.6 Å². The van der Waals surface area contributed by atoms with E-state index in [0.29, 0.717) is 18.0 Å². The Bertz CT molecular complexity index is 478. The van der Waals surface area contributed by atoms with Gasteiger partial charge in [-0.1, -0.05) is 18.6 Å². The maximum absolute atomic E-state index is 11.8. The second-order valence-electron chi connectivity index (χ2n) is 4.85. The van der Waals surface area contributed by atoms with E-state index in [2.05, 4.69) is 5.32 Å². The number of nitrogens with one attached hydrogen (secondary N) is 1. The molecule has 96 valence electrons. The lowest BCUT2D eigenvalue weighted by molar-refractivity contribution is -0.117. The van der Waals surface area contributed by atoms with Crippen molar-refractivity contribution in [1.82, 2.24) is 0 Å². The van der Waals surface area contributed by atoms with Gasteiger partial charge in [0.1, 0.15) is 0 Å². The van der Waals surface area contributed by atoms with E-state index < -0.39 is 5.97 Å². The van der Waals surface area contributed by atoms with E-state index in [1.165, 1.54) is 12.5 Å². The Morgan fingerprint density at radius 2 is 2.11 bits per heavy atom. The second kappa shape index (κ2) is 5.21. The summed E-state index contributed by atoms with van der Waals surface area (Å²) < 4.78 is 0. The van der Waals surface area contributed by atoms with Gasteiger partial charge < -0.3 is 10.4 Å². The van der Waals surface area contributed by atoms with Gasteiger partial charge in [0.25, 0.3) is 0 Å². The van der Waals surface area contributed by atoms with E-state index in [1.54, 1.807) is 19.1 Å². The molecule has 0 atom stereocenters. The SMILES string of the molecule is Cc1cccc(C(=O)O)c1NC(=O)CC1CCC1. The first-order chi connectivity index (χ1) is 8.58. The molecule has 1 aliphatic rings. The zero-order chi connectivity index (χ0) is 13.1. The Morgan fingerprint density at radius 1 is 1.39 bits per heavy atom. The number of hydrogen-bond acceptors (Lipinski definition) is 2. The third kappa shape index (κ3) is 2.70. The molecule has 1 saturated carbocycles. The zero-order valence-electron chi connectivity index (χ0n) is 10.4. The molecule has 4 heteroatoms. The number of carbonyl (C=O) groups excluding carboxylic acids is 1. The highest BCUT2D eigenvalue weighted by Gasteiger charge is 2.22. The lowest BCUT2D eigenvalue weighted by Crippen LogP contribution is -2.22. The van der Waals surface area contributed by atoms with Crippen LogP contribution in [0.3, 0.4) is 0 Å². The smallest absolute Gasteiger partial charge is 0.337 e. The van der Waals surface area contributed by atoms with Crippen LogP contribution >= 0.6 is 0 Å². The average Bonchev–Trinajstić information content (AvgIpc) is 2.26. The highest BCUT2D eigenvalue weighted by atomic mass is 16.4. The largest absolute Gasteiger partial charge is 0.478 e. The molecular formula is C14H17NO3. The molecule has 1 aromatic carbocycles. The molecule has 0 unspecified atom stereocenters. The van der Waals surface area contributed by atoms with Gasteiger partial charge >= 0.3 is 5.97 Å². The maximum Gasteiger partial charge on any atom is 0.337 e. The van der Waals surface area contributed by atoms with E-state index in [9.17, 15) is 9.59 Å². The molecule has 0 bridgehead atoms. The molecule has 1 aromatic rings. The summed E-state index contributed by atoms with van der Waals surface area (Å²) in [5.41, 5.74) is 1.35. The minimum absolute atomic E-state index is 0.0866. The molecule has 1 aliphatic carbocycles. The summed E-state index contributed by atoms with van der Waals surface area (Å²) in [4.78, 5) is 22.9. The first-order valence-corrected chi connectivity index (χ1v) is 6.20. The van der Waals surface area contributed by atoms with E-state index in [1.807, 2.05) is 0 Å². The molecule has 1 fully saturated rings. The molecule has 2 N–H and O–H groups in total. The van der Waals surface area contributed by atoms with Crippen molar-refractivity contribution in [3.63, 3.8) is 0 Å². The van der Waals surface area contributed by atoms with Crippen LogP contribution in [0.2, 0.25) is 0 Å². The van der Waals surface area contributed by atoms with Crippen LogP contribution in [0.5, 0.6) is 0 Å². The number of benzene rings is 1. The summed E-state index contributed by atoms with van der Waals surface area (Å²) in [7, 11) is 0. The third-order valence-electron chi connectivity index (χ3n) is 3.47. The van der Waals surface area contributed by atoms with E-state index in [0.717, 1.165) is 18.4 Å². The topological polar surface area (TPSA) is 66.4 Å². The molecule has 0 spiro atoms. The van der Waals surface area contributed by atoms with Crippen LogP contribution in [0, 0.1) is 12.8 Å². The number of para-hydroxylation sites is 1. The predicted octanol–water partition coefficient (Wildman–Crippen LogP) is 2.82. The van der Waals surface area contributed by atoms with Crippen molar-refractivity contribution >= 4 is 17.6 Å². The van der Waals surface area contributed by atoms with Crippen molar-refractivity contribution in [1.29, 1.82) is 0 Å². The van der Waals surface area contributed by atoms with Crippen LogP contribution in [0.25, 0.3) is 0 Å². The van der Waals surface area contributed by atoms with Crippen LogP contribution in [0.4, 0.5) is 5.69 Å². The van der Waals surface area contributed by atoms with Gasteiger partial charge in [-0.05, 0) is 37.3 Å². The van der Waals surface area contributed by atoms with Crippen LogP contribution < -0.4 is 5.32 Å². The summed E-state index contributed by atoms with van der Waals surface area (Å²) in [5, 5.41) is 11.8. The summed E-state index contributed by atoms with van der Waals surface area (Å²) >= 11 is 0. The Morgan fingerprint density at radius 3 is 2.67 bits per heavy atom. The van der Waals surface area contributed by atoms with Crippen LogP contribution in [-0.4, -0.2) is 17.0 Å². The number of aromatic carboxylic acids is 1. The van der Waals surface area contributed by atoms with Crippen molar-refractivity contribution in [2.24, 2.45) is 5.92 Å². The fourth-order valence-corrected chi connectivity index (χ4v) is 2.16. The van der Waals surface area contributed by atoms with Gasteiger partial charge in [-0.15, -0.1) is 0 Å². The van der Waals surface area contributed by atoms with Crippen LogP contribution in [-0.2, 0) is 4.79 Å². The Balaban J connectivity index is 2.11. The van der Waals surface area contributed by atoms with E-state index in [-0.39, 0.29) is 11.5 Å². The first-order valence-electron chi connectivity index (χ1n) is 6.20. The number of amides is 1. The van der Waals surface area contributed by atoms with Crippen molar-refractivity contribution in [2.75, 3.05) is 5.32 Å². The van der Waals surface area contributed by atoms with Gasteiger partial charge in [0.15, 0.2) is 0 Å². The number of hydrogen-bond donors (Lipinski definition) is 2. The zero-order valence-corrected chi connectivity index (χ0v) is 10.4. The molecule has 2 rings (SSSR count). The van der Waals surface area contributed by atoms with Crippen molar-refractivity contribution in [3.05, 3.63) is 29.3 Å². The maximum atomic E-state index is 11.8. The molecule has 1 amide bonds. The second-order valence-corrected chi connectivity index (χ2v) is 4.85. The number of aryl methyl sites for hydroxylation is 1. The lowest BCUT2D eigenvalue weighted by Gasteiger charge is -2.24. The minimum atomic E-state index is -1.02. The van der Waals surface area contributed by atoms with E-state index >= 15 is 0 Å². The average molecular weight is 247 g/mol. The van der Waals surface area contributed by atoms with Gasteiger partial charge in [-0.2, -0.15) is 0 Å². The molecule has 0 aliphatic heterocycles. The molecule has 0 saturated heterocycles. The summed E-state index contributed by atoms with van der Waals surface area (Å²) in [6.07, 6.45) is 3.90. The summed E-state index contributed by atoms with van der Waals surface area (Å²) in [6, 6.07) is 4.99. The molecule has 18 heavy (non-hydrogen) atoms. The lowest BCUT2D eigenvalue weighted by atomic mass is 9.83. The standard InChI is InChI=1S/C14H17NO3/c1-9-4-2-7-11(14(17)18)13(9)15-12(16)8-10-5-3-6-10/h2,4,7,10H,3,5-6,8H2,1H3,(H,15,16)(H,17,18). The normalized spacial score (nSPS) is 14.9. The first kappa shape index (κ1) is 12.6. The fraction of sp³-hybridized carbons (Fsp3) is 0.429. The van der Waals surface area contributed by atoms with E-state index in [4.69, 9.17) is 5.11 Å². The number of carboxylic acids is 1. The molecule has 0 aromatic heterocycles. The van der Waals surface area contributed by atoms with Crippen molar-refractivity contribution in [3.8, 4) is 0 Å². The highest BCUT2D eigenvalue weighted by molar-refractivity contribution is 6.01. The predicted molar refractivity (Wildman–Crippen MR) is 68.7 cm³/mol. The highest BCUT2D eigenvalue weighted by Crippen LogP contribution is 2.30. The number of anilines is 1. The Labute approximate surface area is 106 Å². The Kier molecular flexibility index (Phi) is 3.65. The fourth-order valence-electron chi connectivity index (χ4n) is 2.16. The summed E-state index contributed by atoms with van der Waals surface area (Å²) in [5.74, 6) is -0.628. The van der Waals surface area contributed by atoms with Gasteiger partial charge in [0, 0.05) is 6.42 Å². The monoisotopic (exact) mass is 247 g/mol. The molecule has 4 nitrogen and oxygen atoms in total. The number of rotatable bonds is 4. The summed E-state index contributed by atoms with van der Waals surface area (Å²) in [6.45, 7) is 1.80. The van der Waals surface area contributed by atoms with Gasteiger partial charge in [-0.3, -0.25) is 4.79 Å². The number of carbonyl (C=O) groups is 2. The van der Waals surface area contributed by atoms with Crippen LogP contribution in [0.15, 0.2) is 18.2 Å². The molecular weight excluding hydrogens is 230 g/mol. The minimum Gasteiger partial charge on any atom is -0.478 e. The third-order valence-corrected chi connectivity index (χ3v) is 3.47. The van der Waals surface area contributed by atoms with Crippen molar-refractivity contribution in [2.45, 2.75) is 32.6 Å². The quantitative estimate of drug-likeness (QED) is 0.859. The van der Waals surface area contributed by atoms with Gasteiger partial charge in [0.2, 0.25) is 5.91 Å².